The van der Waals surface area contributed by atoms with E-state index in [9.17, 15) is 4.79 Å². The van der Waals surface area contributed by atoms with E-state index in [0.717, 1.165) is 25.9 Å². The van der Waals surface area contributed by atoms with Crippen molar-refractivity contribution < 1.29 is 14.6 Å². The molecule has 0 radical (unpaired) electrons. The molecule has 0 saturated carbocycles. The minimum atomic E-state index is -0.324. The lowest BCUT2D eigenvalue weighted by molar-refractivity contribution is 0.0953. The molecule has 0 bridgehead atoms. The van der Waals surface area contributed by atoms with Gasteiger partial charge in [0.2, 0.25) is 0 Å². The second-order valence-electron chi connectivity index (χ2n) is 4.77. The second kappa shape index (κ2) is 10.1. The molecule has 0 atom stereocenters. The number of nitrogens with one attached hydrogen (secondary N) is 1. The number of aliphatic hydroxyl groups excluding tert-OH is 1. The van der Waals surface area contributed by atoms with E-state index in [-0.39, 0.29) is 12.5 Å². The third kappa shape index (κ3) is 6.57. The predicted octanol–water partition coefficient (Wildman–Crippen LogP) is 0.763. The van der Waals surface area contributed by atoms with Crippen LogP contribution in [0.3, 0.4) is 0 Å². The van der Waals surface area contributed by atoms with Crippen LogP contribution in [0.25, 0.3) is 0 Å². The zero-order valence-electron chi connectivity index (χ0n) is 12.5. The van der Waals surface area contributed by atoms with Gasteiger partial charge in [-0.25, -0.2) is 5.84 Å². The molecule has 0 spiro atoms. The van der Waals surface area contributed by atoms with Gasteiger partial charge in [0.1, 0.15) is 12.4 Å². The van der Waals surface area contributed by atoms with Crippen molar-refractivity contribution in [1.29, 1.82) is 0 Å². The minimum Gasteiger partial charge on any atom is -0.492 e. The summed E-state index contributed by atoms with van der Waals surface area (Å²) in [6.45, 7) is 5.26. The predicted molar refractivity (Wildman–Crippen MR) is 82.0 cm³/mol. The number of amides is 1. The first kappa shape index (κ1) is 17.4. The summed E-state index contributed by atoms with van der Waals surface area (Å²) in [4.78, 5) is 13.5. The first-order valence-electron chi connectivity index (χ1n) is 7.28. The molecule has 0 aromatic heterocycles. The van der Waals surface area contributed by atoms with Crippen LogP contribution in [-0.2, 0) is 0 Å². The summed E-state index contributed by atoms with van der Waals surface area (Å²) in [5.74, 6) is 5.45. The normalized spacial score (nSPS) is 10.7. The number of hydrazine groups is 1. The molecule has 1 aromatic rings. The Labute approximate surface area is 125 Å². The molecule has 4 N–H and O–H groups in total. The SMILES string of the molecule is CCCCN(CCO)CCOc1ccc(C(=O)NN)cc1. The van der Waals surface area contributed by atoms with Gasteiger partial charge >= 0.3 is 0 Å². The van der Waals surface area contributed by atoms with E-state index in [2.05, 4.69) is 17.2 Å². The topological polar surface area (TPSA) is 87.8 Å². The van der Waals surface area contributed by atoms with Gasteiger partial charge in [0.15, 0.2) is 0 Å². The number of hydrogen-bond donors (Lipinski definition) is 3. The summed E-state index contributed by atoms with van der Waals surface area (Å²) in [7, 11) is 0. The Morgan fingerprint density at radius 3 is 2.57 bits per heavy atom. The number of ether oxygens (including phenoxy) is 1. The van der Waals surface area contributed by atoms with Gasteiger partial charge in [0.25, 0.3) is 5.91 Å². The van der Waals surface area contributed by atoms with Crippen LogP contribution in [0.15, 0.2) is 24.3 Å². The molecular formula is C15H25N3O3. The molecule has 1 aromatic carbocycles. The van der Waals surface area contributed by atoms with E-state index in [0.29, 0.717) is 24.5 Å². The molecule has 1 rings (SSSR count). The maximum Gasteiger partial charge on any atom is 0.265 e. The largest absolute Gasteiger partial charge is 0.492 e. The van der Waals surface area contributed by atoms with Gasteiger partial charge in [-0.15, -0.1) is 0 Å². The van der Waals surface area contributed by atoms with Crippen molar-refractivity contribution in [3.05, 3.63) is 29.8 Å². The maximum atomic E-state index is 11.3. The lowest BCUT2D eigenvalue weighted by atomic mass is 10.2. The first-order chi connectivity index (χ1) is 10.2. The number of carbonyl (C=O) groups is 1. The Morgan fingerprint density at radius 1 is 1.29 bits per heavy atom. The van der Waals surface area contributed by atoms with Gasteiger partial charge in [-0.05, 0) is 37.2 Å². The molecule has 0 aliphatic rings. The van der Waals surface area contributed by atoms with Gasteiger partial charge < -0.3 is 9.84 Å². The van der Waals surface area contributed by atoms with Crippen LogP contribution in [0, 0.1) is 0 Å². The standard InChI is InChI=1S/C15H25N3O3/c1-2-3-8-18(9-11-19)10-12-21-14-6-4-13(5-7-14)15(20)17-16/h4-7,19H,2-3,8-12,16H2,1H3,(H,17,20). The molecule has 6 heteroatoms. The average Bonchev–Trinajstić information content (AvgIpc) is 2.52. The Bertz CT molecular complexity index is 409. The van der Waals surface area contributed by atoms with Gasteiger partial charge in [-0.3, -0.25) is 15.1 Å². The van der Waals surface area contributed by atoms with Crippen LogP contribution in [0.5, 0.6) is 5.75 Å². The summed E-state index contributed by atoms with van der Waals surface area (Å²) in [6, 6.07) is 6.82. The van der Waals surface area contributed by atoms with E-state index < -0.39 is 0 Å². The molecule has 1 amide bonds. The van der Waals surface area contributed by atoms with Crippen molar-refractivity contribution in [3.63, 3.8) is 0 Å². The van der Waals surface area contributed by atoms with Crippen molar-refractivity contribution >= 4 is 5.91 Å². The van der Waals surface area contributed by atoms with Gasteiger partial charge in [-0.2, -0.15) is 0 Å². The highest BCUT2D eigenvalue weighted by atomic mass is 16.5. The van der Waals surface area contributed by atoms with Crippen molar-refractivity contribution in [2.45, 2.75) is 19.8 Å². The maximum absolute atomic E-state index is 11.3. The van der Waals surface area contributed by atoms with E-state index >= 15 is 0 Å². The first-order valence-corrected chi connectivity index (χ1v) is 7.28. The number of carbonyl (C=O) groups excluding carboxylic acids is 1. The fraction of sp³-hybridized carbons (Fsp3) is 0.533. The molecule has 0 fully saturated rings. The number of unbranched alkanes of at least 4 members (excludes halogenated alkanes) is 1. The lowest BCUT2D eigenvalue weighted by Crippen LogP contribution is -2.32. The monoisotopic (exact) mass is 295 g/mol. The van der Waals surface area contributed by atoms with Crippen molar-refractivity contribution in [2.75, 3.05) is 32.8 Å². The highest BCUT2D eigenvalue weighted by Gasteiger charge is 2.05. The molecule has 0 heterocycles. The minimum absolute atomic E-state index is 0.159. The molecule has 0 aliphatic heterocycles. The summed E-state index contributed by atoms with van der Waals surface area (Å²) in [5, 5.41) is 9.03. The van der Waals surface area contributed by atoms with Crippen LogP contribution in [-0.4, -0.2) is 48.8 Å². The smallest absolute Gasteiger partial charge is 0.265 e. The van der Waals surface area contributed by atoms with E-state index in [4.69, 9.17) is 15.7 Å². The zero-order valence-corrected chi connectivity index (χ0v) is 12.5. The number of aliphatic hydroxyl groups is 1. The quantitative estimate of drug-likeness (QED) is 0.337. The fourth-order valence-electron chi connectivity index (χ4n) is 1.94. The molecule has 21 heavy (non-hydrogen) atoms. The van der Waals surface area contributed by atoms with Gasteiger partial charge in [-0.1, -0.05) is 13.3 Å². The van der Waals surface area contributed by atoms with Gasteiger partial charge in [0, 0.05) is 18.7 Å². The number of hydrogen-bond acceptors (Lipinski definition) is 5. The summed E-state index contributed by atoms with van der Waals surface area (Å²) in [6.07, 6.45) is 2.25. The third-order valence-corrected chi connectivity index (χ3v) is 3.17. The Kier molecular flexibility index (Phi) is 8.42. The number of nitrogens with two attached hydrogens (primary N) is 1. The number of rotatable bonds is 10. The van der Waals surface area contributed by atoms with Crippen LogP contribution >= 0.6 is 0 Å². The van der Waals surface area contributed by atoms with Crippen molar-refractivity contribution in [3.8, 4) is 5.75 Å². The number of benzene rings is 1. The van der Waals surface area contributed by atoms with E-state index in [1.54, 1.807) is 24.3 Å². The molecule has 0 aliphatic carbocycles. The van der Waals surface area contributed by atoms with E-state index in [1.165, 1.54) is 0 Å². The third-order valence-electron chi connectivity index (χ3n) is 3.17. The Hall–Kier alpha value is -1.63. The highest BCUT2D eigenvalue weighted by molar-refractivity contribution is 5.93. The number of nitrogen functional groups attached to an aromatic ring is 1. The highest BCUT2D eigenvalue weighted by Crippen LogP contribution is 2.12. The molecule has 118 valence electrons. The molecule has 0 unspecified atom stereocenters. The fourth-order valence-corrected chi connectivity index (χ4v) is 1.94. The molecule has 0 saturated heterocycles. The van der Waals surface area contributed by atoms with Crippen LogP contribution in [0.1, 0.15) is 30.1 Å². The van der Waals surface area contributed by atoms with Crippen LogP contribution in [0.2, 0.25) is 0 Å². The summed E-state index contributed by atoms with van der Waals surface area (Å²) >= 11 is 0. The summed E-state index contributed by atoms with van der Waals surface area (Å²) < 4.78 is 5.64. The van der Waals surface area contributed by atoms with Crippen LogP contribution in [0.4, 0.5) is 0 Å². The molecule has 6 nitrogen and oxygen atoms in total. The second-order valence-corrected chi connectivity index (χ2v) is 4.77. The Balaban J connectivity index is 2.38. The Morgan fingerprint density at radius 2 is 2.00 bits per heavy atom. The number of nitrogens with zero attached hydrogens (tertiary/aromatic N) is 1. The van der Waals surface area contributed by atoms with Crippen molar-refractivity contribution in [1.82, 2.24) is 10.3 Å². The lowest BCUT2D eigenvalue weighted by Gasteiger charge is -2.21. The summed E-state index contributed by atoms with van der Waals surface area (Å²) in [5.41, 5.74) is 2.58. The average molecular weight is 295 g/mol. The zero-order chi connectivity index (χ0) is 15.5. The van der Waals surface area contributed by atoms with Gasteiger partial charge in [0.05, 0.1) is 6.61 Å². The van der Waals surface area contributed by atoms with Crippen molar-refractivity contribution in [2.24, 2.45) is 5.84 Å². The van der Waals surface area contributed by atoms with E-state index in [1.807, 2.05) is 0 Å². The molecular weight excluding hydrogens is 270 g/mol. The van der Waals surface area contributed by atoms with Crippen LogP contribution < -0.4 is 16.0 Å².